The third-order valence-corrected chi connectivity index (χ3v) is 4.30. The molecular formula is C20H20ClNO4. The van der Waals surface area contributed by atoms with Crippen LogP contribution in [0, 0.1) is 0 Å². The van der Waals surface area contributed by atoms with Crippen LogP contribution in [0.2, 0.25) is 5.02 Å². The van der Waals surface area contributed by atoms with Crippen LogP contribution in [0.4, 0.5) is 0 Å². The largest absolute Gasteiger partial charge is 0.486 e. The molecule has 1 aliphatic rings. The van der Waals surface area contributed by atoms with Crippen LogP contribution in [0.25, 0.3) is 0 Å². The molecular weight excluding hydrogens is 354 g/mol. The second-order valence-electron chi connectivity index (χ2n) is 6.01. The third kappa shape index (κ3) is 4.99. The summed E-state index contributed by atoms with van der Waals surface area (Å²) in [6.45, 7) is 1.49. The van der Waals surface area contributed by atoms with Gasteiger partial charge in [0.25, 0.3) is 0 Å². The average molecular weight is 374 g/mol. The molecule has 0 spiro atoms. The van der Waals surface area contributed by atoms with E-state index in [0.717, 1.165) is 5.56 Å². The van der Waals surface area contributed by atoms with Gasteiger partial charge >= 0.3 is 0 Å². The molecule has 2 aromatic rings. The third-order valence-electron chi connectivity index (χ3n) is 4.07. The second-order valence-corrected chi connectivity index (χ2v) is 6.45. The highest BCUT2D eigenvalue weighted by atomic mass is 35.5. The monoisotopic (exact) mass is 373 g/mol. The first-order valence-corrected chi connectivity index (χ1v) is 8.93. The van der Waals surface area contributed by atoms with Crippen molar-refractivity contribution < 1.29 is 19.1 Å². The van der Waals surface area contributed by atoms with Crippen molar-refractivity contribution in [3.05, 3.63) is 58.6 Å². The Balaban J connectivity index is 1.43. The van der Waals surface area contributed by atoms with Crippen LogP contribution in [-0.2, 0) is 11.2 Å². The van der Waals surface area contributed by atoms with Crippen molar-refractivity contribution in [3.8, 4) is 11.5 Å². The van der Waals surface area contributed by atoms with Gasteiger partial charge in [0.05, 0.1) is 0 Å². The lowest BCUT2D eigenvalue weighted by Crippen LogP contribution is -2.26. The standard InChI is InChI=1S/C20H20ClNO4/c21-16-3-1-2-14(12-16)8-9-22-20(24)7-5-17(23)15-4-6-18-19(13-15)26-11-10-25-18/h1-4,6,12-13H,5,7-11H2,(H,22,24). The summed E-state index contributed by atoms with van der Waals surface area (Å²) in [5.41, 5.74) is 1.59. The Morgan fingerprint density at radius 3 is 2.62 bits per heavy atom. The van der Waals surface area contributed by atoms with Crippen molar-refractivity contribution >= 4 is 23.3 Å². The molecule has 0 aliphatic carbocycles. The summed E-state index contributed by atoms with van der Waals surface area (Å²) >= 11 is 5.93. The van der Waals surface area contributed by atoms with Crippen molar-refractivity contribution in [2.24, 2.45) is 0 Å². The highest BCUT2D eigenvalue weighted by molar-refractivity contribution is 6.30. The first-order valence-electron chi connectivity index (χ1n) is 8.56. The summed E-state index contributed by atoms with van der Waals surface area (Å²) in [5, 5.41) is 3.51. The van der Waals surface area contributed by atoms with Crippen LogP contribution in [0.1, 0.15) is 28.8 Å². The molecule has 0 bridgehead atoms. The Kier molecular flexibility index (Phi) is 6.12. The van der Waals surface area contributed by atoms with Gasteiger partial charge in [0, 0.05) is 30.0 Å². The number of benzene rings is 2. The van der Waals surface area contributed by atoms with Crippen molar-refractivity contribution in [3.63, 3.8) is 0 Å². The van der Waals surface area contributed by atoms with Gasteiger partial charge in [0.15, 0.2) is 17.3 Å². The smallest absolute Gasteiger partial charge is 0.220 e. The van der Waals surface area contributed by atoms with E-state index in [0.29, 0.717) is 48.3 Å². The van der Waals surface area contributed by atoms with Gasteiger partial charge in [-0.25, -0.2) is 0 Å². The van der Waals surface area contributed by atoms with Crippen LogP contribution in [0.15, 0.2) is 42.5 Å². The molecule has 0 atom stereocenters. The van der Waals surface area contributed by atoms with E-state index in [9.17, 15) is 9.59 Å². The molecule has 0 aromatic heterocycles. The molecule has 0 unspecified atom stereocenters. The fourth-order valence-corrected chi connectivity index (χ4v) is 2.93. The molecule has 6 heteroatoms. The van der Waals surface area contributed by atoms with Gasteiger partial charge in [-0.15, -0.1) is 0 Å². The lowest BCUT2D eigenvalue weighted by molar-refractivity contribution is -0.121. The number of carbonyl (C=O) groups is 2. The maximum atomic E-state index is 12.3. The molecule has 0 radical (unpaired) electrons. The molecule has 1 N–H and O–H groups in total. The zero-order valence-electron chi connectivity index (χ0n) is 14.3. The minimum atomic E-state index is -0.141. The van der Waals surface area contributed by atoms with Crippen molar-refractivity contribution in [1.29, 1.82) is 0 Å². The van der Waals surface area contributed by atoms with Gasteiger partial charge in [-0.05, 0) is 42.3 Å². The first kappa shape index (κ1) is 18.3. The van der Waals surface area contributed by atoms with Crippen molar-refractivity contribution in [2.45, 2.75) is 19.3 Å². The van der Waals surface area contributed by atoms with Gasteiger partial charge in [0.1, 0.15) is 13.2 Å². The second kappa shape index (κ2) is 8.72. The molecule has 1 amide bonds. The van der Waals surface area contributed by atoms with Crippen LogP contribution >= 0.6 is 11.6 Å². The van der Waals surface area contributed by atoms with E-state index in [4.69, 9.17) is 21.1 Å². The van der Waals surface area contributed by atoms with E-state index >= 15 is 0 Å². The van der Waals surface area contributed by atoms with Gasteiger partial charge < -0.3 is 14.8 Å². The number of nitrogens with one attached hydrogen (secondary N) is 1. The molecule has 2 aromatic carbocycles. The Bertz CT molecular complexity index is 806. The summed E-state index contributed by atoms with van der Waals surface area (Å²) in [4.78, 5) is 24.2. The van der Waals surface area contributed by atoms with E-state index in [1.165, 1.54) is 0 Å². The van der Waals surface area contributed by atoms with E-state index in [-0.39, 0.29) is 24.5 Å². The summed E-state index contributed by atoms with van der Waals surface area (Å²) in [5.74, 6) is 0.990. The number of Topliss-reactive ketones (excluding diaryl/α,β-unsaturated/α-hetero) is 1. The molecule has 5 nitrogen and oxygen atoms in total. The number of hydrogen-bond donors (Lipinski definition) is 1. The topological polar surface area (TPSA) is 64.6 Å². The number of ketones is 1. The number of fused-ring (bicyclic) bond motifs is 1. The molecule has 0 fully saturated rings. The Morgan fingerprint density at radius 1 is 1.00 bits per heavy atom. The quantitative estimate of drug-likeness (QED) is 0.755. The highest BCUT2D eigenvalue weighted by Crippen LogP contribution is 2.31. The summed E-state index contributed by atoms with van der Waals surface area (Å²) in [6.07, 6.45) is 1.01. The average Bonchev–Trinajstić information content (AvgIpc) is 2.66. The van der Waals surface area contributed by atoms with Crippen LogP contribution in [0.3, 0.4) is 0 Å². The Hall–Kier alpha value is -2.53. The van der Waals surface area contributed by atoms with Crippen LogP contribution in [-0.4, -0.2) is 31.4 Å². The zero-order chi connectivity index (χ0) is 18.4. The van der Waals surface area contributed by atoms with Gasteiger partial charge in [-0.3, -0.25) is 9.59 Å². The zero-order valence-corrected chi connectivity index (χ0v) is 15.1. The molecule has 136 valence electrons. The number of rotatable bonds is 7. The maximum absolute atomic E-state index is 12.3. The molecule has 3 rings (SSSR count). The Labute approximate surface area is 157 Å². The van der Waals surface area contributed by atoms with E-state index in [1.54, 1.807) is 18.2 Å². The fraction of sp³-hybridized carbons (Fsp3) is 0.300. The fourth-order valence-electron chi connectivity index (χ4n) is 2.72. The highest BCUT2D eigenvalue weighted by Gasteiger charge is 2.15. The molecule has 1 heterocycles. The summed E-state index contributed by atoms with van der Waals surface area (Å²) in [7, 11) is 0. The minimum Gasteiger partial charge on any atom is -0.486 e. The molecule has 26 heavy (non-hydrogen) atoms. The summed E-state index contributed by atoms with van der Waals surface area (Å²) in [6, 6.07) is 12.6. The SMILES string of the molecule is O=C(CCC(=O)c1ccc2c(c1)OCCO2)NCCc1cccc(Cl)c1. The normalized spacial score (nSPS) is 12.5. The first-order chi connectivity index (χ1) is 12.6. The van der Waals surface area contributed by atoms with Crippen molar-refractivity contribution in [2.75, 3.05) is 19.8 Å². The molecule has 1 aliphatic heterocycles. The van der Waals surface area contributed by atoms with E-state index in [2.05, 4.69) is 5.32 Å². The minimum absolute atomic E-state index is 0.0908. The lowest BCUT2D eigenvalue weighted by Gasteiger charge is -2.18. The maximum Gasteiger partial charge on any atom is 0.220 e. The van der Waals surface area contributed by atoms with E-state index < -0.39 is 0 Å². The number of hydrogen-bond acceptors (Lipinski definition) is 4. The molecule has 0 saturated heterocycles. The Morgan fingerprint density at radius 2 is 1.81 bits per heavy atom. The number of amides is 1. The predicted octanol–water partition coefficient (Wildman–Crippen LogP) is 3.43. The van der Waals surface area contributed by atoms with Gasteiger partial charge in [0.2, 0.25) is 5.91 Å². The summed E-state index contributed by atoms with van der Waals surface area (Å²) < 4.78 is 10.9. The van der Waals surface area contributed by atoms with Crippen LogP contribution < -0.4 is 14.8 Å². The van der Waals surface area contributed by atoms with Crippen LogP contribution in [0.5, 0.6) is 11.5 Å². The number of ether oxygens (including phenoxy) is 2. The van der Waals surface area contributed by atoms with E-state index in [1.807, 2.05) is 24.3 Å². The van der Waals surface area contributed by atoms with Gasteiger partial charge in [-0.1, -0.05) is 23.7 Å². The number of halogens is 1. The van der Waals surface area contributed by atoms with Crippen molar-refractivity contribution in [1.82, 2.24) is 5.32 Å². The molecule has 0 saturated carbocycles. The lowest BCUT2D eigenvalue weighted by atomic mass is 10.1. The van der Waals surface area contributed by atoms with Gasteiger partial charge in [-0.2, -0.15) is 0 Å². The number of carbonyl (C=O) groups excluding carboxylic acids is 2. The predicted molar refractivity (Wildman–Crippen MR) is 99.2 cm³/mol.